The molecule has 2 aromatic heterocycles. The summed E-state index contributed by atoms with van der Waals surface area (Å²) in [6.45, 7) is 7.34. The zero-order valence-corrected chi connectivity index (χ0v) is 23.9. The van der Waals surface area contributed by atoms with Crippen molar-refractivity contribution in [1.29, 1.82) is 0 Å². The van der Waals surface area contributed by atoms with Gasteiger partial charge in [0.2, 0.25) is 5.91 Å². The molecule has 10 heteroatoms. The zero-order chi connectivity index (χ0) is 29.5. The Morgan fingerprint density at radius 1 is 1.05 bits per heavy atom. The highest BCUT2D eigenvalue weighted by atomic mass is 32.1. The quantitative estimate of drug-likeness (QED) is 0.235. The second-order valence-electron chi connectivity index (χ2n) is 10.1. The van der Waals surface area contributed by atoms with Crippen LogP contribution in [-0.2, 0) is 11.0 Å². The number of halogens is 3. The maximum absolute atomic E-state index is 14.0. The molecular weight excluding hydrogens is 547 g/mol. The molecule has 1 amide bonds. The number of carbonyl (C=O) groups is 1. The SMILES string of the molecule is CCC(=O)Nc1ccc(N2C(=S)N[C@H](c3ccccn3)[C@@H]2c2cc(C)n(-c3ccccc3C(F)(F)F)c2C)cc1C. The molecular formula is C31H30F3N5OS. The largest absolute Gasteiger partial charge is 0.418 e. The molecule has 212 valence electrons. The third kappa shape index (κ3) is 5.31. The summed E-state index contributed by atoms with van der Waals surface area (Å²) in [6.07, 6.45) is -2.44. The van der Waals surface area contributed by atoms with Gasteiger partial charge in [-0.15, -0.1) is 0 Å². The summed E-state index contributed by atoms with van der Waals surface area (Å²) in [7, 11) is 0. The number of para-hydroxylation sites is 1. The Balaban J connectivity index is 1.66. The zero-order valence-electron chi connectivity index (χ0n) is 23.1. The maximum atomic E-state index is 14.0. The Morgan fingerprint density at radius 3 is 2.44 bits per heavy atom. The van der Waals surface area contributed by atoms with Crippen LogP contribution in [0.3, 0.4) is 0 Å². The highest BCUT2D eigenvalue weighted by Crippen LogP contribution is 2.45. The summed E-state index contributed by atoms with van der Waals surface area (Å²) in [5.74, 6) is -0.0844. The van der Waals surface area contributed by atoms with Gasteiger partial charge in [-0.1, -0.05) is 25.1 Å². The predicted octanol–water partition coefficient (Wildman–Crippen LogP) is 7.34. The summed E-state index contributed by atoms with van der Waals surface area (Å²) in [4.78, 5) is 18.6. The molecule has 6 nitrogen and oxygen atoms in total. The van der Waals surface area contributed by atoms with Crippen LogP contribution < -0.4 is 15.5 Å². The van der Waals surface area contributed by atoms with E-state index >= 15 is 0 Å². The van der Waals surface area contributed by atoms with E-state index in [1.807, 2.05) is 61.2 Å². The van der Waals surface area contributed by atoms with E-state index in [9.17, 15) is 18.0 Å². The van der Waals surface area contributed by atoms with Crippen molar-refractivity contribution in [2.24, 2.45) is 0 Å². The highest BCUT2D eigenvalue weighted by molar-refractivity contribution is 7.80. The third-order valence-corrected chi connectivity index (χ3v) is 7.74. The summed E-state index contributed by atoms with van der Waals surface area (Å²) < 4.78 is 43.7. The van der Waals surface area contributed by atoms with Gasteiger partial charge in [-0.3, -0.25) is 9.78 Å². The van der Waals surface area contributed by atoms with Gasteiger partial charge in [0, 0.05) is 35.4 Å². The van der Waals surface area contributed by atoms with Gasteiger partial charge in [0.05, 0.1) is 29.0 Å². The molecule has 0 radical (unpaired) electrons. The number of amides is 1. The van der Waals surface area contributed by atoms with E-state index in [2.05, 4.69) is 15.6 Å². The van der Waals surface area contributed by atoms with E-state index in [-0.39, 0.29) is 17.6 Å². The van der Waals surface area contributed by atoms with Crippen molar-refractivity contribution in [3.63, 3.8) is 0 Å². The first-order valence-corrected chi connectivity index (χ1v) is 13.7. The highest BCUT2D eigenvalue weighted by Gasteiger charge is 2.43. The number of aryl methyl sites for hydroxylation is 2. The third-order valence-electron chi connectivity index (χ3n) is 7.42. The number of anilines is 2. The Bertz CT molecular complexity index is 1620. The van der Waals surface area contributed by atoms with Crippen LogP contribution in [-0.4, -0.2) is 20.6 Å². The molecule has 1 aliphatic rings. The molecule has 0 spiro atoms. The van der Waals surface area contributed by atoms with Gasteiger partial charge in [-0.2, -0.15) is 13.2 Å². The van der Waals surface area contributed by atoms with Crippen molar-refractivity contribution in [3.8, 4) is 5.69 Å². The van der Waals surface area contributed by atoms with Gasteiger partial charge >= 0.3 is 6.18 Å². The molecule has 1 saturated heterocycles. The molecule has 3 heterocycles. The van der Waals surface area contributed by atoms with Crippen LogP contribution >= 0.6 is 12.2 Å². The van der Waals surface area contributed by atoms with Crippen LogP contribution in [0.25, 0.3) is 5.69 Å². The monoisotopic (exact) mass is 577 g/mol. The number of carbonyl (C=O) groups excluding carboxylic acids is 1. The number of rotatable bonds is 6. The van der Waals surface area contributed by atoms with Crippen LogP contribution in [0.15, 0.2) is 72.9 Å². The van der Waals surface area contributed by atoms with Crippen LogP contribution in [0.5, 0.6) is 0 Å². The molecule has 2 N–H and O–H groups in total. The number of pyridine rings is 1. The Morgan fingerprint density at radius 2 is 1.78 bits per heavy atom. The summed E-state index contributed by atoms with van der Waals surface area (Å²) in [5.41, 5.74) is 4.64. The van der Waals surface area contributed by atoms with Gasteiger partial charge in [0.1, 0.15) is 0 Å². The number of nitrogens with zero attached hydrogens (tertiary/aromatic N) is 3. The fourth-order valence-corrected chi connectivity index (χ4v) is 5.84. The molecule has 0 unspecified atom stereocenters. The van der Waals surface area contributed by atoms with Gasteiger partial charge in [0.25, 0.3) is 0 Å². The number of hydrogen-bond donors (Lipinski definition) is 2. The Kier molecular flexibility index (Phi) is 7.61. The van der Waals surface area contributed by atoms with Crippen molar-refractivity contribution >= 4 is 34.6 Å². The minimum Gasteiger partial charge on any atom is -0.351 e. The lowest BCUT2D eigenvalue weighted by molar-refractivity contribution is -0.137. The summed E-state index contributed by atoms with van der Waals surface area (Å²) in [5, 5.41) is 6.79. The summed E-state index contributed by atoms with van der Waals surface area (Å²) in [6, 6.07) is 18.1. The number of nitrogens with one attached hydrogen (secondary N) is 2. The van der Waals surface area contributed by atoms with Crippen molar-refractivity contribution in [3.05, 3.63) is 107 Å². The van der Waals surface area contributed by atoms with E-state index < -0.39 is 17.8 Å². The molecule has 1 aliphatic heterocycles. The standard InChI is InChI=1S/C31H30F3N5OS/c1-5-27(40)36-24-14-13-21(16-18(24)2)39-29(28(37-30(39)41)25-11-8-9-15-35-25)22-17-19(3)38(20(22)4)26-12-7-6-10-23(26)31(32,33)34/h6-17,28-29H,5H2,1-4H3,(H,36,40)(H,37,41)/t28-,29+/m1/s1. The fraction of sp³-hybridized carbons (Fsp3) is 0.258. The minimum absolute atomic E-state index is 0.0718. The van der Waals surface area contributed by atoms with Gasteiger partial charge < -0.3 is 20.1 Å². The fourth-order valence-electron chi connectivity index (χ4n) is 5.49. The van der Waals surface area contributed by atoms with Crippen LogP contribution in [0.2, 0.25) is 0 Å². The first kappa shape index (κ1) is 28.4. The topological polar surface area (TPSA) is 62.2 Å². The maximum Gasteiger partial charge on any atom is 0.418 e. The second-order valence-corrected chi connectivity index (χ2v) is 10.5. The van der Waals surface area contributed by atoms with Gasteiger partial charge in [-0.25, -0.2) is 0 Å². The lowest BCUT2D eigenvalue weighted by atomic mass is 9.96. The number of aromatic nitrogens is 2. The molecule has 0 aliphatic carbocycles. The second kappa shape index (κ2) is 11.0. The van der Waals surface area contributed by atoms with E-state index in [0.717, 1.165) is 28.6 Å². The van der Waals surface area contributed by atoms with Crippen molar-refractivity contribution in [1.82, 2.24) is 14.9 Å². The first-order chi connectivity index (χ1) is 19.5. The lowest BCUT2D eigenvalue weighted by Crippen LogP contribution is -2.29. The van der Waals surface area contributed by atoms with Crippen LogP contribution in [0.4, 0.5) is 24.5 Å². The predicted molar refractivity (Wildman–Crippen MR) is 158 cm³/mol. The van der Waals surface area contributed by atoms with E-state index in [0.29, 0.717) is 28.6 Å². The number of benzene rings is 2. The Hall–Kier alpha value is -4.18. The lowest BCUT2D eigenvalue weighted by Gasteiger charge is -2.29. The Labute approximate surface area is 242 Å². The molecule has 0 saturated carbocycles. The number of thiocarbonyl (C=S) groups is 1. The van der Waals surface area contributed by atoms with E-state index in [1.54, 1.807) is 30.7 Å². The minimum atomic E-state index is -4.51. The van der Waals surface area contributed by atoms with Gasteiger partial charge in [0.15, 0.2) is 5.11 Å². The first-order valence-electron chi connectivity index (χ1n) is 13.3. The summed E-state index contributed by atoms with van der Waals surface area (Å²) >= 11 is 5.85. The van der Waals surface area contributed by atoms with E-state index in [4.69, 9.17) is 12.2 Å². The average molecular weight is 578 g/mol. The molecule has 41 heavy (non-hydrogen) atoms. The van der Waals surface area contributed by atoms with Gasteiger partial charge in [-0.05, 0) is 92.6 Å². The van der Waals surface area contributed by atoms with Crippen molar-refractivity contribution in [2.45, 2.75) is 52.4 Å². The number of hydrogen-bond acceptors (Lipinski definition) is 3. The number of alkyl halides is 3. The van der Waals surface area contributed by atoms with E-state index in [1.165, 1.54) is 12.1 Å². The molecule has 2 aromatic carbocycles. The van der Waals surface area contributed by atoms with Crippen LogP contribution in [0, 0.1) is 20.8 Å². The molecule has 0 bridgehead atoms. The average Bonchev–Trinajstić information content (AvgIpc) is 3.44. The molecule has 2 atom stereocenters. The normalized spacial score (nSPS) is 17.0. The van der Waals surface area contributed by atoms with Crippen LogP contribution in [0.1, 0.15) is 59.2 Å². The smallest absolute Gasteiger partial charge is 0.351 e. The molecule has 1 fully saturated rings. The molecule has 4 aromatic rings. The molecule has 5 rings (SSSR count). The van der Waals surface area contributed by atoms with Crippen molar-refractivity contribution < 1.29 is 18.0 Å². The van der Waals surface area contributed by atoms with Crippen molar-refractivity contribution in [2.75, 3.05) is 10.2 Å².